The van der Waals surface area contributed by atoms with Crippen molar-refractivity contribution < 1.29 is 89.4 Å². The molecule has 280 valence electrons. The molecule has 2 aromatic carbocycles. The molecule has 19 heteroatoms. The van der Waals surface area contributed by atoms with Gasteiger partial charge >= 0.3 is 0 Å². The summed E-state index contributed by atoms with van der Waals surface area (Å²) in [6.07, 6.45) is -25.0. The van der Waals surface area contributed by atoms with Crippen molar-refractivity contribution in [1.29, 1.82) is 0 Å². The normalized spacial score (nSPS) is 37.4. The maximum Gasteiger partial charge on any atom is 0.229 e. The molecular weight excluding hydrogens is 688 g/mol. The highest BCUT2D eigenvalue weighted by atomic mass is 16.7. The average molecular weight is 727 g/mol. The van der Waals surface area contributed by atoms with E-state index < -0.39 is 134 Å². The number of phenols is 2. The molecule has 4 heterocycles. The lowest BCUT2D eigenvalue weighted by molar-refractivity contribution is -0.336. The molecule has 51 heavy (non-hydrogen) atoms. The van der Waals surface area contributed by atoms with Gasteiger partial charge in [0.15, 0.2) is 11.7 Å². The summed E-state index contributed by atoms with van der Waals surface area (Å²) in [7, 11) is 0. The van der Waals surface area contributed by atoms with Crippen LogP contribution in [0, 0.1) is 0 Å². The first kappa shape index (κ1) is 37.3. The van der Waals surface area contributed by atoms with Crippen molar-refractivity contribution in [3.8, 4) is 28.6 Å². The molecule has 1 aromatic heterocycles. The Labute approximate surface area is 286 Å². The van der Waals surface area contributed by atoms with Gasteiger partial charge in [0, 0.05) is 17.7 Å². The maximum absolute atomic E-state index is 13.6. The zero-order chi connectivity index (χ0) is 36.9. The molecule has 19 nitrogen and oxygen atoms in total. The van der Waals surface area contributed by atoms with Gasteiger partial charge < -0.3 is 89.4 Å². The Morgan fingerprint density at radius 2 is 1.31 bits per heavy atom. The number of rotatable bonds is 8. The maximum atomic E-state index is 13.6. The number of ether oxygens (including phenoxy) is 5. The van der Waals surface area contributed by atoms with Gasteiger partial charge in [-0.05, 0) is 24.3 Å². The highest BCUT2D eigenvalue weighted by Crippen LogP contribution is 2.46. The van der Waals surface area contributed by atoms with Gasteiger partial charge in [0.2, 0.25) is 6.29 Å². The van der Waals surface area contributed by atoms with Crippen LogP contribution in [0.15, 0.2) is 45.6 Å². The van der Waals surface area contributed by atoms with E-state index in [0.717, 1.165) is 12.1 Å². The van der Waals surface area contributed by atoms with Crippen LogP contribution in [0.3, 0.4) is 0 Å². The summed E-state index contributed by atoms with van der Waals surface area (Å²) in [4.78, 5) is 13.6. The second kappa shape index (κ2) is 14.8. The number of hydrogen-bond acceptors (Lipinski definition) is 19. The highest BCUT2D eigenvalue weighted by molar-refractivity contribution is 5.88. The minimum absolute atomic E-state index is 0.0188. The SMILES string of the molecule is O=c1cc(-c2ccc(O)cc2)oc2cc(O[C@@H]3OC(CO)[C@@H](O)[C@H](O)C3O)c([C@@H]3OC[C@H](O)[C@H](O)C3O[C@@H]3OC(CO)[C@@H](O)[C@H](O)C3O)c(O)c12. The van der Waals surface area contributed by atoms with Crippen LogP contribution < -0.4 is 10.2 Å². The summed E-state index contributed by atoms with van der Waals surface area (Å²) in [5.74, 6) is -1.46. The number of aliphatic hydroxyl groups is 10. The summed E-state index contributed by atoms with van der Waals surface area (Å²) in [6.45, 7) is -2.26. The molecule has 3 fully saturated rings. The Morgan fingerprint density at radius 3 is 1.92 bits per heavy atom. The van der Waals surface area contributed by atoms with Crippen LogP contribution >= 0.6 is 0 Å². The second-order valence-electron chi connectivity index (χ2n) is 12.5. The monoisotopic (exact) mass is 726 g/mol. The second-order valence-corrected chi connectivity index (χ2v) is 12.5. The zero-order valence-electron chi connectivity index (χ0n) is 26.4. The molecule has 0 bridgehead atoms. The molecule has 3 aliphatic rings. The van der Waals surface area contributed by atoms with Crippen molar-refractivity contribution >= 4 is 11.0 Å². The van der Waals surface area contributed by atoms with E-state index in [1.165, 1.54) is 24.3 Å². The van der Waals surface area contributed by atoms with E-state index in [0.29, 0.717) is 5.56 Å². The van der Waals surface area contributed by atoms with Crippen molar-refractivity contribution in [2.45, 2.75) is 85.8 Å². The Hall–Kier alpha value is -3.51. The number of hydrogen-bond donors (Lipinski definition) is 12. The molecule has 0 aliphatic carbocycles. The fraction of sp³-hybridized carbons (Fsp3) is 0.531. The predicted molar refractivity (Wildman–Crippen MR) is 165 cm³/mol. The topological polar surface area (TPSA) is 319 Å². The number of aliphatic hydroxyl groups excluding tert-OH is 10. The van der Waals surface area contributed by atoms with Gasteiger partial charge in [-0.3, -0.25) is 4.79 Å². The molecule has 12 N–H and O–H groups in total. The number of aromatic hydroxyl groups is 2. The van der Waals surface area contributed by atoms with E-state index in [9.17, 15) is 66.1 Å². The minimum Gasteiger partial charge on any atom is -0.508 e. The number of benzene rings is 2. The third-order valence-electron chi connectivity index (χ3n) is 9.14. The van der Waals surface area contributed by atoms with Gasteiger partial charge in [0.05, 0.1) is 25.4 Å². The standard InChI is InChI=1S/C32H38O19/c33-7-17-22(39)25(42)27(44)31(49-17)48-16-6-15-19(12(36)5-14(47-15)10-1-3-11(35)4-2-10)24(41)20(16)29-30(21(38)13(37)9-46-29)51-32-28(45)26(43)23(40)18(8-34)50-32/h1-6,13,17-18,21-23,25-35,37-45H,7-9H2/t13-,17?,18?,21-,22+,23+,25-,26-,27?,28?,29-,30?,31+,32-/m0/s1. The van der Waals surface area contributed by atoms with Crippen LogP contribution in [0.5, 0.6) is 17.2 Å². The minimum atomic E-state index is -1.98. The molecular formula is C32H38O19. The van der Waals surface area contributed by atoms with Gasteiger partial charge in [0.1, 0.15) is 107 Å². The first-order valence-electron chi connectivity index (χ1n) is 15.8. The fourth-order valence-electron chi connectivity index (χ4n) is 6.25. The molecule has 5 unspecified atom stereocenters. The zero-order valence-corrected chi connectivity index (χ0v) is 26.4. The summed E-state index contributed by atoms with van der Waals surface area (Å²) in [5.41, 5.74) is -1.26. The van der Waals surface area contributed by atoms with Crippen LogP contribution in [0.25, 0.3) is 22.3 Å². The molecule has 3 saturated heterocycles. The van der Waals surface area contributed by atoms with Crippen molar-refractivity contribution in [1.82, 2.24) is 0 Å². The Morgan fingerprint density at radius 1 is 0.725 bits per heavy atom. The molecule has 0 saturated carbocycles. The molecule has 6 rings (SSSR count). The Kier molecular flexibility index (Phi) is 10.8. The van der Waals surface area contributed by atoms with Crippen molar-refractivity contribution in [2.24, 2.45) is 0 Å². The molecule has 3 aliphatic heterocycles. The van der Waals surface area contributed by atoms with Crippen molar-refractivity contribution in [3.05, 3.63) is 52.2 Å². The average Bonchev–Trinajstić information content (AvgIpc) is 3.11. The lowest BCUT2D eigenvalue weighted by Gasteiger charge is -2.45. The largest absolute Gasteiger partial charge is 0.508 e. The van der Waals surface area contributed by atoms with E-state index in [1.54, 1.807) is 0 Å². The van der Waals surface area contributed by atoms with Gasteiger partial charge in [-0.1, -0.05) is 0 Å². The summed E-state index contributed by atoms with van der Waals surface area (Å²) < 4.78 is 34.3. The third-order valence-corrected chi connectivity index (χ3v) is 9.14. The smallest absolute Gasteiger partial charge is 0.229 e. The first-order chi connectivity index (χ1) is 24.2. The number of phenolic OH excluding ortho intramolecular Hbond substituents is 2. The van der Waals surface area contributed by atoms with Crippen LogP contribution in [0.2, 0.25) is 0 Å². The quantitative estimate of drug-likeness (QED) is 0.105. The van der Waals surface area contributed by atoms with Gasteiger partial charge in [-0.25, -0.2) is 0 Å². The first-order valence-corrected chi connectivity index (χ1v) is 15.8. The summed E-state index contributed by atoms with van der Waals surface area (Å²) in [5, 5.41) is 125. The van der Waals surface area contributed by atoms with Crippen LogP contribution in [0.4, 0.5) is 0 Å². The molecule has 0 spiro atoms. The lowest BCUT2D eigenvalue weighted by atomic mass is 9.91. The van der Waals surface area contributed by atoms with E-state index in [-0.39, 0.29) is 17.1 Å². The predicted octanol–water partition coefficient (Wildman–Crippen LogP) is -3.97. The van der Waals surface area contributed by atoms with Crippen LogP contribution in [0.1, 0.15) is 11.7 Å². The van der Waals surface area contributed by atoms with Gasteiger partial charge in [-0.2, -0.15) is 0 Å². The molecule has 0 radical (unpaired) electrons. The van der Waals surface area contributed by atoms with Gasteiger partial charge in [-0.15, -0.1) is 0 Å². The van der Waals surface area contributed by atoms with Gasteiger partial charge in [0.25, 0.3) is 0 Å². The molecule has 3 aromatic rings. The molecule has 14 atom stereocenters. The number of fused-ring (bicyclic) bond motifs is 1. The van der Waals surface area contributed by atoms with Crippen molar-refractivity contribution in [3.63, 3.8) is 0 Å². The van der Waals surface area contributed by atoms with E-state index in [4.69, 9.17) is 28.1 Å². The Balaban J connectivity index is 1.49. The van der Waals surface area contributed by atoms with E-state index in [2.05, 4.69) is 0 Å². The van der Waals surface area contributed by atoms with E-state index >= 15 is 0 Å². The van der Waals surface area contributed by atoms with E-state index in [1.807, 2.05) is 0 Å². The lowest BCUT2D eigenvalue weighted by Crippen LogP contribution is -2.61. The van der Waals surface area contributed by atoms with Crippen LogP contribution in [-0.2, 0) is 18.9 Å². The third kappa shape index (κ3) is 6.90. The summed E-state index contributed by atoms with van der Waals surface area (Å²) >= 11 is 0. The Bertz CT molecular complexity index is 1730. The summed E-state index contributed by atoms with van der Waals surface area (Å²) in [6, 6.07) is 7.68. The molecule has 0 amide bonds. The van der Waals surface area contributed by atoms with Crippen molar-refractivity contribution in [2.75, 3.05) is 19.8 Å². The van der Waals surface area contributed by atoms with Crippen LogP contribution in [-0.4, -0.2) is 161 Å². The fourth-order valence-corrected chi connectivity index (χ4v) is 6.25. The highest BCUT2D eigenvalue weighted by Gasteiger charge is 2.51.